The Labute approximate surface area is 192 Å². The van der Waals surface area contributed by atoms with E-state index in [9.17, 15) is 9.59 Å². The minimum absolute atomic E-state index is 0.316. The van der Waals surface area contributed by atoms with E-state index in [0.717, 1.165) is 20.9 Å². The quantitative estimate of drug-likeness (QED) is 0.327. The topological polar surface area (TPSA) is 74.0 Å². The number of carbonyl (C=O) groups excluding carboxylic acids is 2. The van der Waals surface area contributed by atoms with Gasteiger partial charge in [0.1, 0.15) is 6.04 Å². The van der Waals surface area contributed by atoms with Crippen molar-refractivity contribution in [3.63, 3.8) is 0 Å². The number of aromatic amines is 1. The van der Waals surface area contributed by atoms with E-state index in [0.29, 0.717) is 22.7 Å². The number of aromatic nitrogens is 1. The first kappa shape index (κ1) is 21.2. The van der Waals surface area contributed by atoms with Crippen LogP contribution < -0.4 is 10.6 Å². The lowest BCUT2D eigenvalue weighted by Gasteiger charge is -2.19. The fourth-order valence-electron chi connectivity index (χ4n) is 3.41. The number of halogens is 2. The molecule has 0 bridgehead atoms. The maximum absolute atomic E-state index is 13.2. The van der Waals surface area contributed by atoms with Gasteiger partial charge in [0.25, 0.3) is 5.91 Å². The first-order chi connectivity index (χ1) is 15.0. The molecular formula is C24H19BrClN3O2. The van der Waals surface area contributed by atoms with E-state index < -0.39 is 11.9 Å². The van der Waals surface area contributed by atoms with Crippen LogP contribution in [0.4, 0.5) is 5.69 Å². The highest BCUT2D eigenvalue weighted by Gasteiger charge is 2.24. The molecule has 1 aromatic heterocycles. The van der Waals surface area contributed by atoms with Crippen LogP contribution in [-0.4, -0.2) is 22.8 Å². The fraction of sp³-hybridized carbons (Fsp3) is 0.0833. The zero-order valence-corrected chi connectivity index (χ0v) is 18.7. The zero-order valence-electron chi connectivity index (χ0n) is 16.4. The summed E-state index contributed by atoms with van der Waals surface area (Å²) < 4.78 is 0.846. The van der Waals surface area contributed by atoms with Gasteiger partial charge in [0, 0.05) is 33.7 Å². The summed E-state index contributed by atoms with van der Waals surface area (Å²) in [7, 11) is 0. The monoisotopic (exact) mass is 495 g/mol. The summed E-state index contributed by atoms with van der Waals surface area (Å²) in [5, 5.41) is 7.08. The fourth-order valence-corrected chi connectivity index (χ4v) is 4.03. The molecule has 4 rings (SSSR count). The molecular weight excluding hydrogens is 478 g/mol. The smallest absolute Gasteiger partial charge is 0.253 e. The summed E-state index contributed by atoms with van der Waals surface area (Å²) in [5.41, 5.74) is 2.86. The van der Waals surface area contributed by atoms with E-state index in [-0.39, 0.29) is 5.91 Å². The van der Waals surface area contributed by atoms with Gasteiger partial charge < -0.3 is 15.6 Å². The number of nitrogens with one attached hydrogen (secondary N) is 3. The molecule has 0 saturated carbocycles. The molecule has 4 aromatic rings. The number of benzene rings is 3. The second-order valence-electron chi connectivity index (χ2n) is 7.07. The molecule has 3 aromatic carbocycles. The molecule has 0 fully saturated rings. The SMILES string of the molecule is O=C(NC(Cc1c[nH]c2ccccc12)C(=O)Nc1cccc(Br)c1)c1ccccc1Cl. The van der Waals surface area contributed by atoms with Gasteiger partial charge in [-0.05, 0) is 42.0 Å². The number of H-pyrrole nitrogens is 1. The highest BCUT2D eigenvalue weighted by atomic mass is 79.9. The molecule has 0 aliphatic heterocycles. The Balaban J connectivity index is 1.61. The number of fused-ring (bicyclic) bond motifs is 1. The predicted molar refractivity (Wildman–Crippen MR) is 127 cm³/mol. The van der Waals surface area contributed by atoms with E-state index in [2.05, 4.69) is 31.5 Å². The standard InChI is InChI=1S/C24H19BrClN3O2/c25-16-6-5-7-17(13-16)28-24(31)22(29-23(30)19-9-1-3-10-20(19)26)12-15-14-27-21-11-4-2-8-18(15)21/h1-11,13-14,22,27H,12H2,(H,28,31)(H,29,30). The molecule has 0 aliphatic rings. The van der Waals surface area contributed by atoms with Gasteiger partial charge in [-0.3, -0.25) is 9.59 Å². The Bertz CT molecular complexity index is 1250. The lowest BCUT2D eigenvalue weighted by Crippen LogP contribution is -2.45. The average Bonchev–Trinajstić information content (AvgIpc) is 3.16. The number of carbonyl (C=O) groups is 2. The molecule has 0 radical (unpaired) electrons. The van der Waals surface area contributed by atoms with E-state index in [4.69, 9.17) is 11.6 Å². The van der Waals surface area contributed by atoms with Crippen LogP contribution in [-0.2, 0) is 11.2 Å². The maximum Gasteiger partial charge on any atom is 0.253 e. The summed E-state index contributed by atoms with van der Waals surface area (Å²) in [6.45, 7) is 0. The van der Waals surface area contributed by atoms with Crippen LogP contribution in [0.3, 0.4) is 0 Å². The minimum Gasteiger partial charge on any atom is -0.361 e. The number of anilines is 1. The van der Waals surface area contributed by atoms with Crippen molar-refractivity contribution in [3.8, 4) is 0 Å². The van der Waals surface area contributed by atoms with E-state index in [1.54, 1.807) is 36.4 Å². The van der Waals surface area contributed by atoms with Crippen LogP contribution in [0.15, 0.2) is 83.5 Å². The third kappa shape index (κ3) is 4.98. The largest absolute Gasteiger partial charge is 0.361 e. The van der Waals surface area contributed by atoms with Gasteiger partial charge in [0.15, 0.2) is 0 Å². The van der Waals surface area contributed by atoms with Crippen molar-refractivity contribution in [2.75, 3.05) is 5.32 Å². The molecule has 2 amide bonds. The van der Waals surface area contributed by atoms with Gasteiger partial charge in [0.2, 0.25) is 5.91 Å². The van der Waals surface area contributed by atoms with Crippen molar-refractivity contribution < 1.29 is 9.59 Å². The van der Waals surface area contributed by atoms with Crippen LogP contribution in [0.2, 0.25) is 5.02 Å². The van der Waals surface area contributed by atoms with Crippen LogP contribution in [0, 0.1) is 0 Å². The second-order valence-corrected chi connectivity index (χ2v) is 8.39. The molecule has 0 spiro atoms. The highest BCUT2D eigenvalue weighted by molar-refractivity contribution is 9.10. The number of hydrogen-bond acceptors (Lipinski definition) is 2. The minimum atomic E-state index is -0.804. The first-order valence-corrected chi connectivity index (χ1v) is 10.8. The third-order valence-corrected chi connectivity index (χ3v) is 5.75. The Morgan fingerprint density at radius 1 is 1.00 bits per heavy atom. The third-order valence-electron chi connectivity index (χ3n) is 4.93. The van der Waals surface area contributed by atoms with Gasteiger partial charge >= 0.3 is 0 Å². The Hall–Kier alpha value is -3.09. The van der Waals surface area contributed by atoms with Crippen LogP contribution >= 0.6 is 27.5 Å². The lowest BCUT2D eigenvalue weighted by molar-refractivity contribution is -0.118. The number of amides is 2. The summed E-state index contributed by atoms with van der Waals surface area (Å²) in [5.74, 6) is -0.719. The summed E-state index contributed by atoms with van der Waals surface area (Å²) in [6.07, 6.45) is 2.19. The highest BCUT2D eigenvalue weighted by Crippen LogP contribution is 2.21. The maximum atomic E-state index is 13.2. The molecule has 1 unspecified atom stereocenters. The predicted octanol–water partition coefficient (Wildman–Crippen LogP) is 5.56. The van der Waals surface area contributed by atoms with Crippen molar-refractivity contribution in [2.45, 2.75) is 12.5 Å². The Kier molecular flexibility index (Phi) is 6.39. The van der Waals surface area contributed by atoms with Gasteiger partial charge in [0.05, 0.1) is 10.6 Å². The molecule has 0 aliphatic carbocycles. The molecule has 1 heterocycles. The first-order valence-electron chi connectivity index (χ1n) is 9.68. The molecule has 1 atom stereocenters. The van der Waals surface area contributed by atoms with Crippen LogP contribution in [0.1, 0.15) is 15.9 Å². The van der Waals surface area contributed by atoms with Crippen molar-refractivity contribution >= 4 is 55.9 Å². The molecule has 156 valence electrons. The number of rotatable bonds is 6. The number of hydrogen-bond donors (Lipinski definition) is 3. The van der Waals surface area contributed by atoms with Crippen LogP contribution in [0.25, 0.3) is 10.9 Å². The van der Waals surface area contributed by atoms with E-state index in [1.807, 2.05) is 42.6 Å². The molecule has 0 saturated heterocycles. The van der Waals surface area contributed by atoms with Gasteiger partial charge in [-0.15, -0.1) is 0 Å². The number of para-hydroxylation sites is 1. The summed E-state index contributed by atoms with van der Waals surface area (Å²) in [6, 6.07) is 21.1. The second kappa shape index (κ2) is 9.37. The van der Waals surface area contributed by atoms with E-state index >= 15 is 0 Å². The normalized spacial score (nSPS) is 11.8. The van der Waals surface area contributed by atoms with Crippen molar-refractivity contribution in [2.24, 2.45) is 0 Å². The Morgan fingerprint density at radius 2 is 1.77 bits per heavy atom. The zero-order chi connectivity index (χ0) is 21.8. The summed E-state index contributed by atoms with van der Waals surface area (Å²) in [4.78, 5) is 29.3. The van der Waals surface area contributed by atoms with Gasteiger partial charge in [-0.1, -0.05) is 63.9 Å². The van der Waals surface area contributed by atoms with Crippen LogP contribution in [0.5, 0.6) is 0 Å². The van der Waals surface area contributed by atoms with Crippen molar-refractivity contribution in [1.29, 1.82) is 0 Å². The van der Waals surface area contributed by atoms with Crippen molar-refractivity contribution in [1.82, 2.24) is 10.3 Å². The van der Waals surface area contributed by atoms with Crippen molar-refractivity contribution in [3.05, 3.63) is 99.6 Å². The molecule has 5 nitrogen and oxygen atoms in total. The average molecular weight is 497 g/mol. The lowest BCUT2D eigenvalue weighted by atomic mass is 10.0. The molecule has 31 heavy (non-hydrogen) atoms. The van der Waals surface area contributed by atoms with Gasteiger partial charge in [-0.2, -0.15) is 0 Å². The molecule has 3 N–H and O–H groups in total. The van der Waals surface area contributed by atoms with E-state index in [1.165, 1.54) is 0 Å². The Morgan fingerprint density at radius 3 is 2.58 bits per heavy atom. The summed E-state index contributed by atoms with van der Waals surface area (Å²) >= 11 is 9.58. The molecule has 7 heteroatoms. The van der Waals surface area contributed by atoms with Gasteiger partial charge in [-0.25, -0.2) is 0 Å².